The molecule has 2 nitrogen and oxygen atoms in total. The number of hydrogen-bond acceptors (Lipinski definition) is 2. The van der Waals surface area contributed by atoms with Crippen molar-refractivity contribution >= 4 is 5.78 Å². The third-order valence-electron chi connectivity index (χ3n) is 1.55. The first kappa shape index (κ1) is 5.76. The highest BCUT2D eigenvalue weighted by Gasteiger charge is 2.18. The van der Waals surface area contributed by atoms with Crippen molar-refractivity contribution in [1.29, 1.82) is 0 Å². The van der Waals surface area contributed by atoms with Crippen LogP contribution in [0.3, 0.4) is 0 Å². The van der Waals surface area contributed by atoms with Crippen LogP contribution in [0, 0.1) is 0 Å². The van der Waals surface area contributed by atoms with Crippen molar-refractivity contribution in [2.45, 2.75) is 25.8 Å². The third kappa shape index (κ3) is 1.07. The Bertz CT molecular complexity index is 101. The van der Waals surface area contributed by atoms with Gasteiger partial charge < -0.3 is 5.32 Å². The Morgan fingerprint density at radius 1 is 1.88 bits per heavy atom. The smallest absolute Gasteiger partial charge is 0.148 e. The molecule has 1 unspecified atom stereocenters. The summed E-state index contributed by atoms with van der Waals surface area (Å²) in [5, 5.41) is 3.11. The molecule has 1 aliphatic rings. The Labute approximate surface area is 49.3 Å². The Hall–Kier alpha value is -0.370. The first-order chi connectivity index (χ1) is 3.83. The largest absolute Gasteiger partial charge is 0.307 e. The highest BCUT2D eigenvalue weighted by atomic mass is 16.1. The van der Waals surface area contributed by atoms with Crippen LogP contribution in [-0.4, -0.2) is 18.4 Å². The fourth-order valence-corrected chi connectivity index (χ4v) is 0.966. The zero-order valence-corrected chi connectivity index (χ0v) is 5.11. The Balaban J connectivity index is 2.32. The highest BCUT2D eigenvalue weighted by molar-refractivity contribution is 5.83. The molecule has 0 aliphatic carbocycles. The summed E-state index contributed by atoms with van der Waals surface area (Å²) in [6.45, 7) is 2.69. The summed E-state index contributed by atoms with van der Waals surface area (Å²) < 4.78 is 0. The van der Waals surface area contributed by atoms with Crippen molar-refractivity contribution in [3.8, 4) is 0 Å². The minimum absolute atomic E-state index is 0.358. The van der Waals surface area contributed by atoms with Crippen LogP contribution in [0.5, 0.6) is 0 Å². The molecule has 0 aromatic heterocycles. The molecule has 1 heterocycles. The van der Waals surface area contributed by atoms with Gasteiger partial charge in [-0.05, 0) is 6.42 Å². The summed E-state index contributed by atoms with van der Waals surface area (Å²) in [6, 6.07) is 0.475. The maximum Gasteiger partial charge on any atom is 0.148 e. The summed E-state index contributed by atoms with van der Waals surface area (Å²) in [6.07, 6.45) is 1.82. The van der Waals surface area contributed by atoms with Crippen molar-refractivity contribution in [2.24, 2.45) is 0 Å². The molecule has 2 heteroatoms. The molecule has 8 heavy (non-hydrogen) atoms. The van der Waals surface area contributed by atoms with Crippen LogP contribution < -0.4 is 5.32 Å². The normalized spacial score (nSPS) is 29.1. The summed E-state index contributed by atoms with van der Waals surface area (Å²) >= 11 is 0. The summed E-state index contributed by atoms with van der Waals surface area (Å²) in [4.78, 5) is 10.5. The molecule has 1 atom stereocenters. The minimum Gasteiger partial charge on any atom is -0.307 e. The average molecular weight is 113 g/mol. The van der Waals surface area contributed by atoms with E-state index in [0.29, 0.717) is 18.4 Å². The van der Waals surface area contributed by atoms with Crippen molar-refractivity contribution in [1.82, 2.24) is 5.32 Å². The third-order valence-corrected chi connectivity index (χ3v) is 1.55. The predicted octanol–water partition coefficient (Wildman–Crippen LogP) is 0.327. The predicted molar refractivity (Wildman–Crippen MR) is 31.7 cm³/mol. The van der Waals surface area contributed by atoms with Crippen LogP contribution in [-0.2, 0) is 4.79 Å². The maximum absolute atomic E-state index is 10.5. The molecule has 1 saturated heterocycles. The first-order valence-electron chi connectivity index (χ1n) is 3.08. The zero-order valence-electron chi connectivity index (χ0n) is 5.11. The lowest BCUT2D eigenvalue weighted by molar-refractivity contribution is -0.116. The molecule has 0 radical (unpaired) electrons. The lowest BCUT2D eigenvalue weighted by Gasteiger charge is -2.00. The van der Waals surface area contributed by atoms with Crippen LogP contribution in [0.15, 0.2) is 0 Å². The quantitative estimate of drug-likeness (QED) is 0.531. The number of Topliss-reactive ketones (excluding diaryl/α,β-unsaturated/α-hetero) is 1. The number of carbonyl (C=O) groups excluding carboxylic acids is 1. The molecule has 0 bridgehead atoms. The molecule has 0 saturated carbocycles. The van der Waals surface area contributed by atoms with Gasteiger partial charge in [0.2, 0.25) is 0 Å². The molecule has 0 amide bonds. The first-order valence-corrected chi connectivity index (χ1v) is 3.08. The summed E-state index contributed by atoms with van der Waals surface area (Å²) in [5.41, 5.74) is 0. The molecule has 0 aromatic carbocycles. The van der Waals surface area contributed by atoms with E-state index in [0.717, 1.165) is 12.8 Å². The van der Waals surface area contributed by atoms with Gasteiger partial charge in [-0.3, -0.25) is 4.79 Å². The second-order valence-electron chi connectivity index (χ2n) is 2.23. The number of nitrogens with one attached hydrogen (secondary N) is 1. The summed E-state index contributed by atoms with van der Waals surface area (Å²) in [7, 11) is 0. The van der Waals surface area contributed by atoms with Crippen molar-refractivity contribution in [3.63, 3.8) is 0 Å². The minimum atomic E-state index is 0.358. The van der Waals surface area contributed by atoms with E-state index in [4.69, 9.17) is 0 Å². The van der Waals surface area contributed by atoms with Gasteiger partial charge >= 0.3 is 0 Å². The van der Waals surface area contributed by atoms with Gasteiger partial charge in [0.15, 0.2) is 0 Å². The van der Waals surface area contributed by atoms with Gasteiger partial charge in [-0.1, -0.05) is 6.92 Å². The topological polar surface area (TPSA) is 29.1 Å². The molecular weight excluding hydrogens is 102 g/mol. The molecule has 1 aliphatic heterocycles. The Morgan fingerprint density at radius 2 is 2.62 bits per heavy atom. The highest BCUT2D eigenvalue weighted by Crippen LogP contribution is 2.03. The second-order valence-corrected chi connectivity index (χ2v) is 2.23. The van der Waals surface area contributed by atoms with Gasteiger partial charge in [-0.25, -0.2) is 0 Å². The van der Waals surface area contributed by atoms with Gasteiger partial charge in [0.25, 0.3) is 0 Å². The van der Waals surface area contributed by atoms with Crippen LogP contribution in [0.25, 0.3) is 0 Å². The lowest BCUT2D eigenvalue weighted by atomic mass is 10.2. The fourth-order valence-electron chi connectivity index (χ4n) is 0.966. The van der Waals surface area contributed by atoms with E-state index in [2.05, 4.69) is 12.2 Å². The Morgan fingerprint density at radius 3 is 2.88 bits per heavy atom. The molecule has 1 N–H and O–H groups in total. The maximum atomic E-state index is 10.5. The zero-order chi connectivity index (χ0) is 5.98. The monoisotopic (exact) mass is 113 g/mol. The average Bonchev–Trinajstić information content (AvgIpc) is 2.14. The van der Waals surface area contributed by atoms with Crippen LogP contribution in [0.4, 0.5) is 0 Å². The Kier molecular flexibility index (Phi) is 1.63. The van der Waals surface area contributed by atoms with E-state index in [1.807, 2.05) is 0 Å². The molecule has 1 rings (SSSR count). The standard InChI is InChI=1S/C6H11NO/c1-2-5-3-6(8)4-7-5/h5,7H,2-4H2,1H3. The van der Waals surface area contributed by atoms with Crippen molar-refractivity contribution < 1.29 is 4.79 Å². The molecular formula is C6H11NO. The number of carbonyl (C=O) groups is 1. The molecule has 46 valence electrons. The van der Waals surface area contributed by atoms with E-state index < -0.39 is 0 Å². The lowest BCUT2D eigenvalue weighted by Crippen LogP contribution is -2.19. The van der Waals surface area contributed by atoms with Crippen molar-refractivity contribution in [2.75, 3.05) is 6.54 Å². The molecule has 0 aromatic rings. The second kappa shape index (κ2) is 2.27. The number of hydrogen-bond donors (Lipinski definition) is 1. The van der Waals surface area contributed by atoms with Gasteiger partial charge in [0.1, 0.15) is 5.78 Å². The van der Waals surface area contributed by atoms with Crippen molar-refractivity contribution in [3.05, 3.63) is 0 Å². The van der Waals surface area contributed by atoms with Gasteiger partial charge in [0, 0.05) is 12.5 Å². The summed E-state index contributed by atoms with van der Waals surface area (Å²) in [5.74, 6) is 0.358. The van der Waals surface area contributed by atoms with E-state index in [1.54, 1.807) is 0 Å². The van der Waals surface area contributed by atoms with Gasteiger partial charge in [0.05, 0.1) is 6.54 Å². The molecule has 1 fully saturated rings. The van der Waals surface area contributed by atoms with E-state index >= 15 is 0 Å². The number of rotatable bonds is 1. The number of ketones is 1. The molecule has 0 spiro atoms. The van der Waals surface area contributed by atoms with Crippen LogP contribution in [0.2, 0.25) is 0 Å². The van der Waals surface area contributed by atoms with E-state index in [-0.39, 0.29) is 0 Å². The van der Waals surface area contributed by atoms with Gasteiger partial charge in [-0.2, -0.15) is 0 Å². The van der Waals surface area contributed by atoms with Gasteiger partial charge in [-0.15, -0.1) is 0 Å². The SMILES string of the molecule is CCC1CC(=O)CN1. The van der Waals surface area contributed by atoms with Crippen LogP contribution >= 0.6 is 0 Å². The van der Waals surface area contributed by atoms with E-state index in [9.17, 15) is 4.79 Å². The fraction of sp³-hybridized carbons (Fsp3) is 0.833. The van der Waals surface area contributed by atoms with Crippen LogP contribution in [0.1, 0.15) is 19.8 Å². The van der Waals surface area contributed by atoms with E-state index in [1.165, 1.54) is 0 Å².